The van der Waals surface area contributed by atoms with E-state index in [9.17, 15) is 4.79 Å². The number of hydrogen-bond acceptors (Lipinski definition) is 5. The molecule has 1 aromatic heterocycles. The van der Waals surface area contributed by atoms with E-state index in [1.165, 1.54) is 11.8 Å². The summed E-state index contributed by atoms with van der Waals surface area (Å²) in [6, 6.07) is 12.9. The molecule has 28 heavy (non-hydrogen) atoms. The zero-order valence-corrected chi connectivity index (χ0v) is 17.0. The minimum absolute atomic E-state index is 0.0450. The van der Waals surface area contributed by atoms with Gasteiger partial charge < -0.3 is 4.52 Å². The molecule has 0 aliphatic carbocycles. The molecule has 0 aliphatic rings. The highest BCUT2D eigenvalue weighted by atomic mass is 35.5. The maximum absolute atomic E-state index is 12.1. The van der Waals surface area contributed by atoms with Crippen LogP contribution in [0.25, 0.3) is 11.4 Å². The first-order valence-electron chi connectivity index (χ1n) is 8.48. The lowest BCUT2D eigenvalue weighted by Crippen LogP contribution is -2.18. The van der Waals surface area contributed by atoms with Gasteiger partial charge in [-0.2, -0.15) is 10.1 Å². The number of benzene rings is 2. The molecule has 1 amide bonds. The summed E-state index contributed by atoms with van der Waals surface area (Å²) < 4.78 is 5.03. The molecule has 8 heteroatoms. The number of hydrazone groups is 1. The maximum atomic E-state index is 12.1. The number of nitrogens with zero attached hydrogens (tertiary/aromatic N) is 3. The summed E-state index contributed by atoms with van der Waals surface area (Å²) in [5.74, 6) is -0.509. The molecule has 0 spiro atoms. The second-order valence-electron chi connectivity index (χ2n) is 7.08. The fraction of sp³-hybridized carbons (Fsp3) is 0.200. The highest BCUT2D eigenvalue weighted by Crippen LogP contribution is 2.25. The summed E-state index contributed by atoms with van der Waals surface area (Å²) in [5.41, 5.74) is 4.79. The Morgan fingerprint density at radius 1 is 1.11 bits per heavy atom. The van der Waals surface area contributed by atoms with Gasteiger partial charge in [0.15, 0.2) is 0 Å². The summed E-state index contributed by atoms with van der Waals surface area (Å²) in [6.45, 7) is 6.40. The van der Waals surface area contributed by atoms with Crippen molar-refractivity contribution in [3.8, 4) is 11.4 Å². The van der Waals surface area contributed by atoms with Crippen molar-refractivity contribution in [2.45, 2.75) is 26.2 Å². The number of carbonyl (C=O) groups is 1. The number of carbonyl (C=O) groups excluding carboxylic acids is 1. The zero-order chi connectivity index (χ0) is 20.3. The van der Waals surface area contributed by atoms with Crippen LogP contribution in [0, 0.1) is 0 Å². The number of nitrogens with one attached hydrogen (secondary N) is 1. The zero-order valence-electron chi connectivity index (χ0n) is 15.5. The smallest absolute Gasteiger partial charge is 0.328 e. The van der Waals surface area contributed by atoms with Crippen LogP contribution in [0.2, 0.25) is 10.0 Å². The van der Waals surface area contributed by atoms with Crippen molar-refractivity contribution in [3.63, 3.8) is 0 Å². The van der Waals surface area contributed by atoms with Crippen molar-refractivity contribution in [1.29, 1.82) is 0 Å². The highest BCUT2D eigenvalue weighted by molar-refractivity contribution is 6.38. The van der Waals surface area contributed by atoms with Crippen molar-refractivity contribution in [2.75, 3.05) is 0 Å². The van der Waals surface area contributed by atoms with Gasteiger partial charge in [0.25, 0.3) is 0 Å². The first-order chi connectivity index (χ1) is 13.3. The number of aromatic nitrogens is 2. The fourth-order valence-electron chi connectivity index (χ4n) is 2.39. The molecule has 1 heterocycles. The van der Waals surface area contributed by atoms with Gasteiger partial charge in [-0.15, -0.1) is 0 Å². The molecule has 0 unspecified atom stereocenters. The summed E-state index contributed by atoms with van der Waals surface area (Å²) >= 11 is 12.1. The lowest BCUT2D eigenvalue weighted by molar-refractivity contribution is 0.0911. The van der Waals surface area contributed by atoms with Crippen LogP contribution in [0.1, 0.15) is 42.6 Å². The van der Waals surface area contributed by atoms with Crippen molar-refractivity contribution < 1.29 is 9.32 Å². The molecule has 0 aliphatic heterocycles. The summed E-state index contributed by atoms with van der Waals surface area (Å²) in [5, 5.41) is 8.53. The van der Waals surface area contributed by atoms with Crippen LogP contribution in [0.3, 0.4) is 0 Å². The van der Waals surface area contributed by atoms with Crippen molar-refractivity contribution in [1.82, 2.24) is 15.6 Å². The molecule has 6 nitrogen and oxygen atoms in total. The molecule has 0 bridgehead atoms. The van der Waals surface area contributed by atoms with Gasteiger partial charge in [0.1, 0.15) is 0 Å². The van der Waals surface area contributed by atoms with Crippen LogP contribution in [-0.2, 0) is 5.41 Å². The van der Waals surface area contributed by atoms with Crippen molar-refractivity contribution >= 4 is 35.3 Å². The lowest BCUT2D eigenvalue weighted by atomic mass is 9.87. The first-order valence-corrected chi connectivity index (χ1v) is 9.23. The molecule has 0 atom stereocenters. The minimum Gasteiger partial charge on any atom is -0.328 e. The standard InChI is InChI=1S/C20H18Cl2N4O2/c1-20(2,3)13-9-7-12(8-10-13)17-24-19(28-26-17)18(27)25-23-11-14-15(21)5-4-6-16(14)22/h4-11H,1-3H3,(H,25,27)/b23-11-. The predicted octanol–water partition coefficient (Wildman–Crippen LogP) is 5.10. The number of amides is 1. The summed E-state index contributed by atoms with van der Waals surface area (Å²) in [4.78, 5) is 16.3. The number of halogens is 2. The Labute approximate surface area is 172 Å². The van der Waals surface area contributed by atoms with Gasteiger partial charge in [-0.1, -0.05) is 79.5 Å². The molecule has 0 radical (unpaired) electrons. The fourth-order valence-corrected chi connectivity index (χ4v) is 2.88. The monoisotopic (exact) mass is 416 g/mol. The lowest BCUT2D eigenvalue weighted by Gasteiger charge is -2.18. The Morgan fingerprint density at radius 2 is 1.75 bits per heavy atom. The predicted molar refractivity (Wildman–Crippen MR) is 110 cm³/mol. The molecular weight excluding hydrogens is 399 g/mol. The van der Waals surface area contributed by atoms with E-state index >= 15 is 0 Å². The van der Waals surface area contributed by atoms with E-state index in [0.717, 1.165) is 5.56 Å². The second kappa shape index (κ2) is 8.12. The van der Waals surface area contributed by atoms with E-state index in [-0.39, 0.29) is 11.3 Å². The molecule has 144 valence electrons. The van der Waals surface area contributed by atoms with Crippen LogP contribution in [0.15, 0.2) is 52.1 Å². The van der Waals surface area contributed by atoms with E-state index in [2.05, 4.69) is 41.4 Å². The van der Waals surface area contributed by atoms with Crippen LogP contribution in [0.4, 0.5) is 0 Å². The van der Waals surface area contributed by atoms with E-state index in [1.54, 1.807) is 18.2 Å². The van der Waals surface area contributed by atoms with Gasteiger partial charge in [-0.3, -0.25) is 4.79 Å². The van der Waals surface area contributed by atoms with Gasteiger partial charge in [-0.25, -0.2) is 5.43 Å². The third-order valence-corrected chi connectivity index (χ3v) is 4.65. The van der Waals surface area contributed by atoms with Gasteiger partial charge in [-0.05, 0) is 23.1 Å². The van der Waals surface area contributed by atoms with E-state index < -0.39 is 5.91 Å². The summed E-state index contributed by atoms with van der Waals surface area (Å²) in [7, 11) is 0. The quantitative estimate of drug-likeness (QED) is 0.473. The SMILES string of the molecule is CC(C)(C)c1ccc(-c2noc(C(=O)N/N=C\c3c(Cl)cccc3Cl)n2)cc1. The van der Waals surface area contributed by atoms with Gasteiger partial charge in [0, 0.05) is 11.1 Å². The van der Waals surface area contributed by atoms with Crippen molar-refractivity contribution in [2.24, 2.45) is 5.10 Å². The van der Waals surface area contributed by atoms with E-state index in [1.807, 2.05) is 24.3 Å². The average molecular weight is 417 g/mol. The average Bonchev–Trinajstić information content (AvgIpc) is 3.14. The van der Waals surface area contributed by atoms with Gasteiger partial charge in [0.2, 0.25) is 5.82 Å². The third kappa shape index (κ3) is 4.58. The van der Waals surface area contributed by atoms with Gasteiger partial charge in [0.05, 0.1) is 16.3 Å². The Hall–Kier alpha value is -2.70. The number of rotatable bonds is 4. The Morgan fingerprint density at radius 3 is 2.36 bits per heavy atom. The topological polar surface area (TPSA) is 80.4 Å². The molecule has 3 aromatic rings. The molecular formula is C20H18Cl2N4O2. The van der Waals surface area contributed by atoms with Gasteiger partial charge >= 0.3 is 11.8 Å². The Balaban J connectivity index is 1.70. The van der Waals surface area contributed by atoms with E-state index in [4.69, 9.17) is 27.7 Å². The minimum atomic E-state index is -0.635. The highest BCUT2D eigenvalue weighted by Gasteiger charge is 2.17. The van der Waals surface area contributed by atoms with E-state index in [0.29, 0.717) is 21.4 Å². The molecule has 1 N–H and O–H groups in total. The molecule has 0 fully saturated rings. The molecule has 2 aromatic carbocycles. The second-order valence-corrected chi connectivity index (χ2v) is 7.90. The van der Waals surface area contributed by atoms with Crippen LogP contribution in [-0.4, -0.2) is 22.3 Å². The van der Waals surface area contributed by atoms with Crippen LogP contribution in [0.5, 0.6) is 0 Å². The molecule has 3 rings (SSSR count). The van der Waals surface area contributed by atoms with Crippen LogP contribution >= 0.6 is 23.2 Å². The molecule has 0 saturated carbocycles. The van der Waals surface area contributed by atoms with Crippen LogP contribution < -0.4 is 5.43 Å². The largest absolute Gasteiger partial charge is 0.329 e. The number of hydrogen-bond donors (Lipinski definition) is 1. The Bertz CT molecular complexity index is 1000. The maximum Gasteiger partial charge on any atom is 0.329 e. The summed E-state index contributed by atoms with van der Waals surface area (Å²) in [6.07, 6.45) is 1.35. The third-order valence-electron chi connectivity index (χ3n) is 3.99. The first kappa shape index (κ1) is 20.0. The Kier molecular flexibility index (Phi) is 5.82. The molecule has 0 saturated heterocycles. The van der Waals surface area contributed by atoms with Crippen molar-refractivity contribution in [3.05, 3.63) is 69.5 Å². The normalized spacial score (nSPS) is 11.8.